The summed E-state index contributed by atoms with van der Waals surface area (Å²) in [5, 5.41) is 10.6. The Morgan fingerprint density at radius 1 is 1.10 bits per heavy atom. The summed E-state index contributed by atoms with van der Waals surface area (Å²) in [5.74, 6) is -0.805. The molecule has 42 heavy (non-hydrogen) atoms. The Labute approximate surface area is 251 Å². The van der Waals surface area contributed by atoms with E-state index in [4.69, 9.17) is 4.74 Å². The van der Waals surface area contributed by atoms with E-state index in [-0.39, 0.29) is 30.4 Å². The molecule has 234 valence electrons. The van der Waals surface area contributed by atoms with Gasteiger partial charge in [-0.1, -0.05) is 25.5 Å². The highest BCUT2D eigenvalue weighted by molar-refractivity contribution is 5.79. The molecule has 0 spiro atoms. The number of hydrogen-bond acceptors (Lipinski definition) is 6. The summed E-state index contributed by atoms with van der Waals surface area (Å²) in [6.07, 6.45) is 6.17. The van der Waals surface area contributed by atoms with Gasteiger partial charge < -0.3 is 29.4 Å². The number of benzene rings is 1. The third-order valence-electron chi connectivity index (χ3n) is 9.14. The highest BCUT2D eigenvalue weighted by atomic mass is 16.5. The lowest BCUT2D eigenvalue weighted by Gasteiger charge is -2.35. The number of rotatable bonds is 15. The number of carbonyl (C=O) groups excluding carboxylic acids is 2. The van der Waals surface area contributed by atoms with Crippen LogP contribution in [0, 0.1) is 5.92 Å². The van der Waals surface area contributed by atoms with Gasteiger partial charge in [0.1, 0.15) is 5.75 Å². The summed E-state index contributed by atoms with van der Waals surface area (Å²) in [6, 6.07) is 5.71. The van der Waals surface area contributed by atoms with E-state index < -0.39 is 11.9 Å². The third-order valence-corrected chi connectivity index (χ3v) is 9.14. The second-order valence-electron chi connectivity index (χ2n) is 12.5. The van der Waals surface area contributed by atoms with Crippen LogP contribution in [0.2, 0.25) is 0 Å². The Hall–Kier alpha value is -2.85. The van der Waals surface area contributed by atoms with Crippen LogP contribution >= 0.6 is 0 Å². The molecule has 3 aliphatic rings. The van der Waals surface area contributed by atoms with Crippen molar-refractivity contribution in [2.45, 2.75) is 63.8 Å². The van der Waals surface area contributed by atoms with Crippen molar-refractivity contribution in [3.05, 3.63) is 29.3 Å². The molecule has 10 nitrogen and oxygen atoms in total. The maximum atomic E-state index is 13.8. The van der Waals surface area contributed by atoms with Gasteiger partial charge in [0.25, 0.3) is 0 Å². The number of nitrogens with zero attached hydrogens (tertiary/aromatic N) is 5. The van der Waals surface area contributed by atoms with Crippen LogP contribution in [-0.4, -0.2) is 134 Å². The van der Waals surface area contributed by atoms with Crippen molar-refractivity contribution in [2.75, 3.05) is 80.1 Å². The van der Waals surface area contributed by atoms with Crippen LogP contribution in [-0.2, 0) is 16.0 Å². The highest BCUT2D eigenvalue weighted by Gasteiger charge is 2.47. The van der Waals surface area contributed by atoms with Crippen LogP contribution < -0.4 is 4.74 Å². The molecular weight excluding hydrogens is 534 g/mol. The fourth-order valence-corrected chi connectivity index (χ4v) is 6.77. The van der Waals surface area contributed by atoms with Gasteiger partial charge in [-0.05, 0) is 69.9 Å². The number of carbonyl (C=O) groups is 3. The lowest BCUT2D eigenvalue weighted by Crippen LogP contribution is -2.50. The third kappa shape index (κ3) is 7.95. The SMILES string of the molecule is CCCCN(CCCCN(C)C)C(=O)CN1C[C@H](c2ccc3c(c2)CCO3)[C@@H](C(=O)O)[C@@H]1CCN1CCCN(C)C1=O. The summed E-state index contributed by atoms with van der Waals surface area (Å²) in [4.78, 5) is 49.3. The molecule has 0 unspecified atom stereocenters. The normalized spacial score (nSPS) is 22.5. The van der Waals surface area contributed by atoms with Crippen molar-refractivity contribution in [1.29, 1.82) is 0 Å². The molecular formula is C32H51N5O5. The Bertz CT molecular complexity index is 1080. The molecule has 0 bridgehead atoms. The second-order valence-corrected chi connectivity index (χ2v) is 12.5. The number of likely N-dealkylation sites (tertiary alicyclic amines) is 1. The molecule has 3 atom stereocenters. The summed E-state index contributed by atoms with van der Waals surface area (Å²) in [7, 11) is 5.94. The molecule has 4 rings (SSSR count). The monoisotopic (exact) mass is 585 g/mol. The van der Waals surface area contributed by atoms with Crippen molar-refractivity contribution >= 4 is 17.9 Å². The van der Waals surface area contributed by atoms with E-state index in [1.165, 1.54) is 0 Å². The Morgan fingerprint density at radius 3 is 2.60 bits per heavy atom. The molecule has 1 aromatic rings. The first-order chi connectivity index (χ1) is 20.2. The standard InChI is InChI=1S/C32H51N5O5/c1-5-6-16-35(17-8-7-14-33(2)3)29(38)23-37-22-26(24-10-11-28-25(21-24)13-20-42-28)30(31(39)40)27(37)12-19-36-18-9-15-34(4)32(36)41/h10-11,21,26-27,30H,5-9,12-20,22-23H2,1-4H3,(H,39,40)/t26-,27+,30-/m1/s1. The first kappa shape index (κ1) is 32.1. The molecule has 0 saturated carbocycles. The van der Waals surface area contributed by atoms with Gasteiger partial charge in [0.2, 0.25) is 5.91 Å². The highest BCUT2D eigenvalue weighted by Crippen LogP contribution is 2.41. The van der Waals surface area contributed by atoms with Crippen LogP contribution in [0.25, 0.3) is 0 Å². The molecule has 10 heteroatoms. The van der Waals surface area contributed by atoms with Crippen LogP contribution in [0.15, 0.2) is 18.2 Å². The number of amides is 3. The quantitative estimate of drug-likeness (QED) is 0.316. The number of hydrogen-bond donors (Lipinski definition) is 1. The van der Waals surface area contributed by atoms with Crippen molar-refractivity contribution in [1.82, 2.24) is 24.5 Å². The van der Waals surface area contributed by atoms with E-state index in [0.717, 1.165) is 81.6 Å². The number of carboxylic acids is 1. The lowest BCUT2D eigenvalue weighted by atomic mass is 9.83. The van der Waals surface area contributed by atoms with Crippen LogP contribution in [0.1, 0.15) is 62.5 Å². The predicted molar refractivity (Wildman–Crippen MR) is 163 cm³/mol. The predicted octanol–water partition coefficient (Wildman–Crippen LogP) is 3.21. The number of carboxylic acid groups (broad SMARTS) is 1. The fraction of sp³-hybridized carbons (Fsp3) is 0.719. The average Bonchev–Trinajstić information content (AvgIpc) is 3.57. The van der Waals surface area contributed by atoms with E-state index in [2.05, 4.69) is 36.9 Å². The van der Waals surface area contributed by atoms with Gasteiger partial charge in [0.15, 0.2) is 0 Å². The van der Waals surface area contributed by atoms with Crippen molar-refractivity contribution in [3.63, 3.8) is 0 Å². The minimum absolute atomic E-state index is 0.00705. The molecule has 2 fully saturated rings. The first-order valence-electron chi connectivity index (χ1n) is 15.8. The minimum atomic E-state index is -0.842. The number of urea groups is 1. The second kappa shape index (κ2) is 15.0. The van der Waals surface area contributed by atoms with E-state index in [0.29, 0.717) is 32.7 Å². The zero-order valence-electron chi connectivity index (χ0n) is 26.1. The summed E-state index contributed by atoms with van der Waals surface area (Å²) < 4.78 is 5.70. The van der Waals surface area contributed by atoms with Crippen LogP contribution in [0.3, 0.4) is 0 Å². The zero-order chi connectivity index (χ0) is 30.2. The van der Waals surface area contributed by atoms with Gasteiger partial charge >= 0.3 is 12.0 Å². The van der Waals surface area contributed by atoms with E-state index in [9.17, 15) is 19.5 Å². The molecule has 3 heterocycles. The average molecular weight is 586 g/mol. The largest absolute Gasteiger partial charge is 0.493 e. The van der Waals surface area contributed by atoms with Gasteiger partial charge in [0.05, 0.1) is 19.1 Å². The molecule has 0 aromatic heterocycles. The Kier molecular flexibility index (Phi) is 11.5. The van der Waals surface area contributed by atoms with Crippen molar-refractivity contribution in [3.8, 4) is 5.75 Å². The number of fused-ring (bicyclic) bond motifs is 1. The van der Waals surface area contributed by atoms with E-state index in [1.54, 1.807) is 4.90 Å². The summed E-state index contributed by atoms with van der Waals surface area (Å²) in [5.41, 5.74) is 2.11. The number of unbranched alkanes of at least 4 members (excludes halogenated alkanes) is 2. The molecule has 0 radical (unpaired) electrons. The minimum Gasteiger partial charge on any atom is -0.493 e. The van der Waals surface area contributed by atoms with Gasteiger partial charge in [-0.2, -0.15) is 0 Å². The maximum Gasteiger partial charge on any atom is 0.319 e. The lowest BCUT2D eigenvalue weighted by molar-refractivity contribution is -0.144. The summed E-state index contributed by atoms with van der Waals surface area (Å²) in [6.45, 7) is 7.82. The van der Waals surface area contributed by atoms with Crippen molar-refractivity contribution < 1.29 is 24.2 Å². The molecule has 0 aliphatic carbocycles. The zero-order valence-corrected chi connectivity index (χ0v) is 26.1. The smallest absolute Gasteiger partial charge is 0.319 e. The Morgan fingerprint density at radius 2 is 1.86 bits per heavy atom. The van der Waals surface area contributed by atoms with Crippen molar-refractivity contribution in [2.24, 2.45) is 5.92 Å². The maximum absolute atomic E-state index is 13.8. The Balaban J connectivity index is 1.54. The topological polar surface area (TPSA) is 96.9 Å². The molecule has 3 amide bonds. The molecule has 1 aromatic carbocycles. The van der Waals surface area contributed by atoms with Gasteiger partial charge in [-0.3, -0.25) is 14.5 Å². The van der Waals surface area contributed by atoms with E-state index in [1.807, 2.05) is 29.0 Å². The van der Waals surface area contributed by atoms with Crippen LogP contribution in [0.5, 0.6) is 5.75 Å². The molecule has 1 N–H and O–H groups in total. The first-order valence-corrected chi connectivity index (χ1v) is 15.8. The number of ether oxygens (including phenoxy) is 1. The number of aliphatic carboxylic acids is 1. The molecule has 3 aliphatic heterocycles. The fourth-order valence-electron chi connectivity index (χ4n) is 6.77. The van der Waals surface area contributed by atoms with E-state index >= 15 is 0 Å². The summed E-state index contributed by atoms with van der Waals surface area (Å²) >= 11 is 0. The van der Waals surface area contributed by atoms with Gasteiger partial charge in [-0.25, -0.2) is 4.79 Å². The molecule has 2 saturated heterocycles. The van der Waals surface area contributed by atoms with Gasteiger partial charge in [0, 0.05) is 64.7 Å². The van der Waals surface area contributed by atoms with Crippen LogP contribution in [0.4, 0.5) is 4.79 Å². The van der Waals surface area contributed by atoms with Gasteiger partial charge in [-0.15, -0.1) is 0 Å².